The quantitative estimate of drug-likeness (QED) is 0.263. The third-order valence-corrected chi connectivity index (χ3v) is 4.75. The van der Waals surface area contributed by atoms with Gasteiger partial charge >= 0.3 is 5.97 Å². The smallest absolute Gasteiger partial charge is 0.360 e. The molecule has 8 heteroatoms. The first-order valence-electron chi connectivity index (χ1n) is 10.1. The molecule has 0 aliphatic heterocycles. The van der Waals surface area contributed by atoms with Gasteiger partial charge in [0.2, 0.25) is 0 Å². The number of oxime groups is 2. The second-order valence-corrected chi connectivity index (χ2v) is 7.26. The van der Waals surface area contributed by atoms with E-state index in [0.29, 0.717) is 23.7 Å². The summed E-state index contributed by atoms with van der Waals surface area (Å²) in [5.41, 5.74) is 2.68. The Balaban J connectivity index is 1.94. The van der Waals surface area contributed by atoms with Gasteiger partial charge in [-0.05, 0) is 56.0 Å². The molecule has 1 fully saturated rings. The number of hydrogen-bond donors (Lipinski definition) is 0. The van der Waals surface area contributed by atoms with Gasteiger partial charge in [-0.1, -0.05) is 29.4 Å². The predicted octanol–water partition coefficient (Wildman–Crippen LogP) is 3.78. The molecule has 3 rings (SSSR count). The van der Waals surface area contributed by atoms with Crippen molar-refractivity contribution in [2.75, 3.05) is 20.8 Å². The van der Waals surface area contributed by atoms with E-state index < -0.39 is 5.97 Å². The summed E-state index contributed by atoms with van der Waals surface area (Å²) in [7, 11) is 2.65. The minimum Gasteiger partial charge on any atom is -0.475 e. The number of esters is 1. The van der Waals surface area contributed by atoms with E-state index in [1.807, 2.05) is 38.1 Å². The van der Waals surface area contributed by atoms with Crippen LogP contribution >= 0.6 is 0 Å². The summed E-state index contributed by atoms with van der Waals surface area (Å²) in [5.74, 6) is 0.129. The Morgan fingerprint density at radius 3 is 2.48 bits per heavy atom. The number of nitrogens with zero attached hydrogens (tertiary/aromatic N) is 3. The highest BCUT2D eigenvalue weighted by Crippen LogP contribution is 2.29. The van der Waals surface area contributed by atoms with Crippen molar-refractivity contribution >= 4 is 17.6 Å². The van der Waals surface area contributed by atoms with Crippen LogP contribution in [0, 0.1) is 12.8 Å². The van der Waals surface area contributed by atoms with Gasteiger partial charge in [0.15, 0.2) is 11.8 Å². The van der Waals surface area contributed by atoms with Crippen LogP contribution in [0.1, 0.15) is 48.4 Å². The molecule has 0 bridgehead atoms. The van der Waals surface area contributed by atoms with E-state index in [1.165, 1.54) is 14.2 Å². The minimum absolute atomic E-state index is 0.0109. The molecule has 31 heavy (non-hydrogen) atoms. The van der Waals surface area contributed by atoms with E-state index in [2.05, 4.69) is 15.3 Å². The highest BCUT2D eigenvalue weighted by atomic mass is 16.7. The lowest BCUT2D eigenvalue weighted by Gasteiger charge is -2.15. The molecule has 164 valence electrons. The van der Waals surface area contributed by atoms with Crippen LogP contribution < -0.4 is 0 Å². The Bertz CT molecular complexity index is 969. The maximum atomic E-state index is 12.3. The summed E-state index contributed by atoms with van der Waals surface area (Å²) in [6.07, 6.45) is 1.86. The topological polar surface area (TPSA) is 91.6 Å². The van der Waals surface area contributed by atoms with Crippen molar-refractivity contribution < 1.29 is 23.9 Å². The molecule has 2 aromatic rings. The van der Waals surface area contributed by atoms with Gasteiger partial charge in [-0.25, -0.2) is 4.79 Å². The van der Waals surface area contributed by atoms with Gasteiger partial charge in [0.25, 0.3) is 5.90 Å². The molecule has 1 atom stereocenters. The van der Waals surface area contributed by atoms with Gasteiger partial charge in [-0.2, -0.15) is 0 Å². The summed E-state index contributed by atoms with van der Waals surface area (Å²) in [5, 5.41) is 8.14. The Kier molecular flexibility index (Phi) is 7.59. The normalized spacial score (nSPS) is 15.2. The number of methoxy groups -OCH3 is 1. The van der Waals surface area contributed by atoms with E-state index in [1.54, 1.807) is 18.2 Å². The first-order chi connectivity index (χ1) is 15.0. The SMILES string of the molecule is CO/N=C(/C(=O)OC)c1ccccc1/C(=N\OC(C)c1cccc(C)n1)OCC1CC1. The van der Waals surface area contributed by atoms with Crippen LogP contribution in [0.4, 0.5) is 0 Å². The lowest BCUT2D eigenvalue weighted by molar-refractivity contribution is -0.132. The largest absolute Gasteiger partial charge is 0.475 e. The molecule has 0 amide bonds. The Hall–Kier alpha value is -3.42. The summed E-state index contributed by atoms with van der Waals surface area (Å²) in [6.45, 7) is 4.30. The predicted molar refractivity (Wildman–Crippen MR) is 116 cm³/mol. The summed E-state index contributed by atoms with van der Waals surface area (Å²) >= 11 is 0. The average Bonchev–Trinajstić information content (AvgIpc) is 3.61. The van der Waals surface area contributed by atoms with E-state index in [9.17, 15) is 4.79 Å². The van der Waals surface area contributed by atoms with Crippen molar-refractivity contribution in [3.63, 3.8) is 0 Å². The minimum atomic E-state index is -0.630. The number of carbonyl (C=O) groups is 1. The zero-order chi connectivity index (χ0) is 22.2. The van der Waals surface area contributed by atoms with Crippen LogP contribution in [-0.2, 0) is 23.9 Å². The van der Waals surface area contributed by atoms with E-state index in [0.717, 1.165) is 24.2 Å². The second kappa shape index (κ2) is 10.6. The van der Waals surface area contributed by atoms with E-state index >= 15 is 0 Å². The molecule has 1 unspecified atom stereocenters. The van der Waals surface area contributed by atoms with Gasteiger partial charge in [-0.15, -0.1) is 0 Å². The van der Waals surface area contributed by atoms with Crippen LogP contribution in [0.25, 0.3) is 0 Å². The highest BCUT2D eigenvalue weighted by molar-refractivity contribution is 6.44. The molecule has 0 radical (unpaired) electrons. The summed E-state index contributed by atoms with van der Waals surface area (Å²) in [4.78, 5) is 27.4. The Morgan fingerprint density at radius 2 is 1.84 bits per heavy atom. The molecular weight excluding hydrogens is 398 g/mol. The molecule has 1 aliphatic rings. The molecular formula is C23H27N3O5. The van der Waals surface area contributed by atoms with Gasteiger partial charge in [0.1, 0.15) is 7.11 Å². The van der Waals surface area contributed by atoms with Crippen LogP contribution in [0.2, 0.25) is 0 Å². The van der Waals surface area contributed by atoms with Crippen molar-refractivity contribution in [2.45, 2.75) is 32.8 Å². The first kappa shape index (κ1) is 22.3. The maximum absolute atomic E-state index is 12.3. The molecule has 1 saturated carbocycles. The second-order valence-electron chi connectivity index (χ2n) is 7.26. The zero-order valence-corrected chi connectivity index (χ0v) is 18.2. The fraction of sp³-hybridized carbons (Fsp3) is 0.391. The average molecular weight is 425 g/mol. The number of aromatic nitrogens is 1. The van der Waals surface area contributed by atoms with Crippen molar-refractivity contribution in [1.29, 1.82) is 0 Å². The van der Waals surface area contributed by atoms with Crippen molar-refractivity contribution in [1.82, 2.24) is 4.98 Å². The summed E-state index contributed by atoms with van der Waals surface area (Å²) < 4.78 is 10.9. The standard InChI is InChI=1S/C23H27N3O5/c1-15-8-7-11-20(24-15)16(2)31-26-22(30-14-17-12-13-17)19-10-6-5-9-18(19)21(25-29-4)23(27)28-3/h5-11,16-17H,12-14H2,1-4H3/b25-21+,26-22+. The fourth-order valence-electron chi connectivity index (χ4n) is 2.87. The van der Waals surface area contributed by atoms with E-state index in [-0.39, 0.29) is 17.7 Å². The number of benzene rings is 1. The van der Waals surface area contributed by atoms with Gasteiger partial charge in [0, 0.05) is 16.8 Å². The van der Waals surface area contributed by atoms with Gasteiger partial charge in [0.05, 0.1) is 19.4 Å². The lowest BCUT2D eigenvalue weighted by Crippen LogP contribution is -2.22. The molecule has 0 N–H and O–H groups in total. The molecule has 8 nitrogen and oxygen atoms in total. The van der Waals surface area contributed by atoms with Crippen molar-refractivity contribution in [3.8, 4) is 0 Å². The number of ether oxygens (including phenoxy) is 2. The van der Waals surface area contributed by atoms with Gasteiger partial charge < -0.3 is 19.1 Å². The van der Waals surface area contributed by atoms with Gasteiger partial charge in [-0.3, -0.25) is 4.98 Å². The number of aryl methyl sites for hydroxylation is 1. The monoisotopic (exact) mass is 425 g/mol. The van der Waals surface area contributed by atoms with Crippen molar-refractivity contribution in [2.24, 2.45) is 16.2 Å². The third kappa shape index (κ3) is 6.04. The number of rotatable bonds is 9. The van der Waals surface area contributed by atoms with Crippen LogP contribution in [0.15, 0.2) is 52.8 Å². The van der Waals surface area contributed by atoms with E-state index in [4.69, 9.17) is 19.1 Å². The van der Waals surface area contributed by atoms with Crippen LogP contribution in [-0.4, -0.2) is 43.4 Å². The van der Waals surface area contributed by atoms with Crippen LogP contribution in [0.5, 0.6) is 0 Å². The molecule has 1 aliphatic carbocycles. The number of pyridine rings is 1. The highest BCUT2D eigenvalue weighted by Gasteiger charge is 2.26. The first-order valence-corrected chi connectivity index (χ1v) is 10.1. The summed E-state index contributed by atoms with van der Waals surface area (Å²) in [6, 6.07) is 12.8. The molecule has 1 aromatic heterocycles. The Labute approximate surface area is 181 Å². The molecule has 1 heterocycles. The Morgan fingerprint density at radius 1 is 1.10 bits per heavy atom. The molecule has 0 spiro atoms. The molecule has 0 saturated heterocycles. The fourth-order valence-corrected chi connectivity index (χ4v) is 2.87. The maximum Gasteiger partial charge on any atom is 0.360 e. The third-order valence-electron chi connectivity index (χ3n) is 4.75. The lowest BCUT2D eigenvalue weighted by atomic mass is 10.0. The zero-order valence-electron chi connectivity index (χ0n) is 18.2. The number of carbonyl (C=O) groups excluding carboxylic acids is 1. The molecule has 1 aromatic carbocycles. The number of hydrogen-bond acceptors (Lipinski definition) is 8. The van der Waals surface area contributed by atoms with Crippen LogP contribution in [0.3, 0.4) is 0 Å². The van der Waals surface area contributed by atoms with Crippen molar-refractivity contribution in [3.05, 3.63) is 65.0 Å².